The third-order valence-electron chi connectivity index (χ3n) is 4.28. The normalized spacial score (nSPS) is 23.7. The van der Waals surface area contributed by atoms with Crippen molar-refractivity contribution in [1.82, 2.24) is 5.32 Å². The summed E-state index contributed by atoms with van der Waals surface area (Å²) in [6, 6.07) is 8.47. The molecule has 0 radical (unpaired) electrons. The zero-order chi connectivity index (χ0) is 14.6. The van der Waals surface area contributed by atoms with Crippen molar-refractivity contribution in [3.8, 4) is 18.1 Å². The van der Waals surface area contributed by atoms with Gasteiger partial charge in [-0.2, -0.15) is 0 Å². The molecule has 0 heterocycles. The molecule has 1 N–H and O–H groups in total. The van der Waals surface area contributed by atoms with E-state index in [1.165, 1.54) is 0 Å². The first-order valence-electron chi connectivity index (χ1n) is 7.00. The number of benzene rings is 1. The van der Waals surface area contributed by atoms with Crippen molar-refractivity contribution in [2.24, 2.45) is 5.41 Å². The maximum Gasteiger partial charge on any atom is 0.148 e. The van der Waals surface area contributed by atoms with E-state index >= 15 is 0 Å². The zero-order valence-corrected chi connectivity index (χ0v) is 12.5. The van der Waals surface area contributed by atoms with Crippen LogP contribution in [0.1, 0.15) is 25.8 Å². The average molecular weight is 273 g/mol. The molecule has 1 aliphatic rings. The Labute approximate surface area is 121 Å². The fourth-order valence-electron chi connectivity index (χ4n) is 2.78. The molecular formula is C17H23NO2. The van der Waals surface area contributed by atoms with Crippen LogP contribution in [0.4, 0.5) is 0 Å². The van der Waals surface area contributed by atoms with Gasteiger partial charge in [-0.05, 0) is 12.5 Å². The van der Waals surface area contributed by atoms with Gasteiger partial charge in [0.25, 0.3) is 0 Å². The second-order valence-corrected chi connectivity index (χ2v) is 5.82. The van der Waals surface area contributed by atoms with Crippen LogP contribution in [0.25, 0.3) is 0 Å². The van der Waals surface area contributed by atoms with Crippen LogP contribution in [0.3, 0.4) is 0 Å². The van der Waals surface area contributed by atoms with Crippen molar-refractivity contribution in [3.63, 3.8) is 0 Å². The molecule has 2 unspecified atom stereocenters. The molecule has 1 aromatic carbocycles. The molecule has 0 bridgehead atoms. The predicted molar refractivity (Wildman–Crippen MR) is 80.6 cm³/mol. The highest BCUT2D eigenvalue weighted by Crippen LogP contribution is 2.42. The Balaban J connectivity index is 1.94. The van der Waals surface area contributed by atoms with Gasteiger partial charge in [-0.3, -0.25) is 0 Å². The average Bonchev–Trinajstić information content (AvgIpc) is 2.45. The lowest BCUT2D eigenvalue weighted by Gasteiger charge is -2.51. The lowest BCUT2D eigenvalue weighted by molar-refractivity contribution is -0.0979. The van der Waals surface area contributed by atoms with Crippen LogP contribution in [-0.4, -0.2) is 25.9 Å². The number of hydrogen-bond acceptors (Lipinski definition) is 3. The van der Waals surface area contributed by atoms with Gasteiger partial charge in [0.2, 0.25) is 0 Å². The van der Waals surface area contributed by atoms with E-state index in [0.29, 0.717) is 18.8 Å². The summed E-state index contributed by atoms with van der Waals surface area (Å²) < 4.78 is 11.0. The van der Waals surface area contributed by atoms with Crippen molar-refractivity contribution in [1.29, 1.82) is 0 Å². The molecule has 1 aliphatic carbocycles. The molecule has 2 atom stereocenters. The highest BCUT2D eigenvalue weighted by Gasteiger charge is 2.48. The van der Waals surface area contributed by atoms with Crippen LogP contribution in [0.2, 0.25) is 0 Å². The number of hydrogen-bond donors (Lipinski definition) is 1. The van der Waals surface area contributed by atoms with E-state index in [1.807, 2.05) is 18.2 Å². The van der Waals surface area contributed by atoms with Crippen LogP contribution in [0, 0.1) is 17.8 Å². The van der Waals surface area contributed by atoms with E-state index in [0.717, 1.165) is 24.3 Å². The first-order valence-corrected chi connectivity index (χ1v) is 7.00. The molecule has 20 heavy (non-hydrogen) atoms. The zero-order valence-electron chi connectivity index (χ0n) is 12.5. The van der Waals surface area contributed by atoms with Gasteiger partial charge in [-0.1, -0.05) is 38.0 Å². The van der Waals surface area contributed by atoms with Gasteiger partial charge >= 0.3 is 0 Å². The molecule has 1 fully saturated rings. The van der Waals surface area contributed by atoms with Gasteiger partial charge in [-0.15, -0.1) is 6.42 Å². The summed E-state index contributed by atoms with van der Waals surface area (Å²) in [7, 11) is 1.78. The van der Waals surface area contributed by atoms with E-state index in [1.54, 1.807) is 7.11 Å². The van der Waals surface area contributed by atoms with E-state index in [2.05, 4.69) is 31.2 Å². The summed E-state index contributed by atoms with van der Waals surface area (Å²) in [5, 5.41) is 3.60. The summed E-state index contributed by atoms with van der Waals surface area (Å²) in [4.78, 5) is 0. The largest absolute Gasteiger partial charge is 0.481 e. The number of ether oxygens (including phenoxy) is 2. The maximum absolute atomic E-state index is 5.56. The van der Waals surface area contributed by atoms with E-state index in [4.69, 9.17) is 15.9 Å². The molecule has 3 heteroatoms. The van der Waals surface area contributed by atoms with Crippen LogP contribution in [0.5, 0.6) is 5.75 Å². The lowest BCUT2D eigenvalue weighted by atomic mass is 9.64. The Morgan fingerprint density at radius 2 is 2.15 bits per heavy atom. The number of nitrogens with one attached hydrogen (secondary N) is 1. The Bertz CT molecular complexity index is 490. The highest BCUT2D eigenvalue weighted by molar-refractivity contribution is 5.33. The minimum absolute atomic E-state index is 0.170. The Morgan fingerprint density at radius 1 is 1.40 bits per heavy atom. The number of rotatable bonds is 6. The molecule has 0 saturated heterocycles. The van der Waals surface area contributed by atoms with E-state index < -0.39 is 0 Å². The Kier molecular flexibility index (Phi) is 4.69. The minimum atomic E-state index is 0.170. The molecule has 0 aromatic heterocycles. The second-order valence-electron chi connectivity index (χ2n) is 5.82. The summed E-state index contributed by atoms with van der Waals surface area (Å²) >= 11 is 0. The number of terminal acetylenes is 1. The highest BCUT2D eigenvalue weighted by atomic mass is 16.5. The standard InChI is InChI=1S/C17H23NO2/c1-5-10-20-14-9-7-6-8-13(14)12-18-15-11-16(19-4)17(15,2)3/h1,6-9,15-16,18H,10-12H2,2-4H3. The Hall–Kier alpha value is -1.50. The molecule has 1 saturated carbocycles. The predicted octanol–water partition coefficient (Wildman–Crippen LogP) is 2.60. The Morgan fingerprint density at radius 3 is 2.80 bits per heavy atom. The summed E-state index contributed by atoms with van der Waals surface area (Å²) in [6.45, 7) is 5.56. The van der Waals surface area contributed by atoms with Crippen molar-refractivity contribution in [3.05, 3.63) is 29.8 Å². The second kappa shape index (κ2) is 6.30. The monoisotopic (exact) mass is 273 g/mol. The van der Waals surface area contributed by atoms with Crippen LogP contribution in [-0.2, 0) is 11.3 Å². The number of methoxy groups -OCH3 is 1. The third kappa shape index (κ3) is 2.98. The molecule has 1 aromatic rings. The minimum Gasteiger partial charge on any atom is -0.481 e. The van der Waals surface area contributed by atoms with Gasteiger partial charge in [0.15, 0.2) is 0 Å². The maximum atomic E-state index is 5.56. The summed E-state index contributed by atoms with van der Waals surface area (Å²) in [6.07, 6.45) is 6.63. The van der Waals surface area contributed by atoms with E-state index in [-0.39, 0.29) is 5.41 Å². The smallest absolute Gasteiger partial charge is 0.148 e. The van der Waals surface area contributed by atoms with Crippen molar-refractivity contribution in [2.75, 3.05) is 13.7 Å². The third-order valence-corrected chi connectivity index (χ3v) is 4.28. The molecule has 2 rings (SSSR count). The molecular weight excluding hydrogens is 250 g/mol. The fourth-order valence-corrected chi connectivity index (χ4v) is 2.78. The van der Waals surface area contributed by atoms with Gasteiger partial charge in [0.1, 0.15) is 12.4 Å². The molecule has 0 aliphatic heterocycles. The van der Waals surface area contributed by atoms with Gasteiger partial charge in [-0.25, -0.2) is 0 Å². The SMILES string of the molecule is C#CCOc1ccccc1CNC1CC(OC)C1(C)C. The number of para-hydroxylation sites is 1. The van der Waals surface area contributed by atoms with Crippen LogP contribution >= 0.6 is 0 Å². The van der Waals surface area contributed by atoms with Crippen LogP contribution < -0.4 is 10.1 Å². The lowest BCUT2D eigenvalue weighted by Crippen LogP contribution is -2.60. The quantitative estimate of drug-likeness (QED) is 0.808. The van der Waals surface area contributed by atoms with Crippen molar-refractivity contribution < 1.29 is 9.47 Å². The van der Waals surface area contributed by atoms with Gasteiger partial charge in [0, 0.05) is 30.7 Å². The molecule has 0 amide bonds. The molecule has 108 valence electrons. The van der Waals surface area contributed by atoms with Gasteiger partial charge < -0.3 is 14.8 Å². The first-order chi connectivity index (χ1) is 9.59. The van der Waals surface area contributed by atoms with E-state index in [9.17, 15) is 0 Å². The van der Waals surface area contributed by atoms with Crippen LogP contribution in [0.15, 0.2) is 24.3 Å². The summed E-state index contributed by atoms with van der Waals surface area (Å²) in [5.41, 5.74) is 1.31. The topological polar surface area (TPSA) is 30.5 Å². The molecule has 3 nitrogen and oxygen atoms in total. The van der Waals surface area contributed by atoms with Crippen molar-refractivity contribution in [2.45, 2.75) is 39.0 Å². The molecule has 0 spiro atoms. The summed E-state index contributed by atoms with van der Waals surface area (Å²) in [5.74, 6) is 3.36. The fraction of sp³-hybridized carbons (Fsp3) is 0.529. The first kappa shape index (κ1) is 14.9. The van der Waals surface area contributed by atoms with Crippen molar-refractivity contribution >= 4 is 0 Å². The van der Waals surface area contributed by atoms with Gasteiger partial charge in [0.05, 0.1) is 6.10 Å².